The van der Waals surface area contributed by atoms with E-state index >= 15 is 0 Å². The van der Waals surface area contributed by atoms with Gasteiger partial charge in [0.05, 0.1) is 22.6 Å². The average Bonchev–Trinajstić information content (AvgIpc) is 2.60. The number of aryl methyl sites for hydroxylation is 2. The van der Waals surface area contributed by atoms with Crippen LogP contribution in [0.4, 0.5) is 11.4 Å². The number of hydrogen-bond acceptors (Lipinski definition) is 3. The van der Waals surface area contributed by atoms with Gasteiger partial charge in [-0.05, 0) is 25.1 Å². The molecule has 0 saturated heterocycles. The Bertz CT molecular complexity index is 607. The van der Waals surface area contributed by atoms with Crippen LogP contribution in [0.2, 0.25) is 0 Å². The van der Waals surface area contributed by atoms with E-state index in [1.54, 1.807) is 22.9 Å². The quantitative estimate of drug-likeness (QED) is 0.914. The second-order valence-electron chi connectivity index (χ2n) is 3.92. The smallest absolute Gasteiger partial charge is 0.337 e. The van der Waals surface area contributed by atoms with Crippen LogP contribution in [0.25, 0.3) is 0 Å². The molecule has 0 bridgehead atoms. The summed E-state index contributed by atoms with van der Waals surface area (Å²) < 4.78 is 2.41. The van der Waals surface area contributed by atoms with Crippen LogP contribution in [-0.4, -0.2) is 20.9 Å². The SMILES string of the molecule is Cc1nn(C)cc1Nc1ccc(Br)cc1C(=O)O. The predicted octanol–water partition coefficient (Wildman–Crippen LogP) is 2.93. The summed E-state index contributed by atoms with van der Waals surface area (Å²) in [5.41, 5.74) is 2.37. The van der Waals surface area contributed by atoms with E-state index in [1.165, 1.54) is 0 Å². The first-order valence-electron chi connectivity index (χ1n) is 5.27. The Balaban J connectivity index is 2.40. The number of halogens is 1. The summed E-state index contributed by atoms with van der Waals surface area (Å²) in [7, 11) is 1.82. The van der Waals surface area contributed by atoms with Crippen LogP contribution in [0.3, 0.4) is 0 Å². The Morgan fingerprint density at radius 2 is 2.17 bits per heavy atom. The lowest BCUT2D eigenvalue weighted by atomic mass is 10.1. The molecule has 2 N–H and O–H groups in total. The van der Waals surface area contributed by atoms with Gasteiger partial charge in [0, 0.05) is 17.7 Å². The van der Waals surface area contributed by atoms with Crippen LogP contribution in [0.1, 0.15) is 16.1 Å². The number of aromatic carboxylic acids is 1. The van der Waals surface area contributed by atoms with Gasteiger partial charge in [-0.25, -0.2) is 4.79 Å². The molecule has 0 unspecified atom stereocenters. The van der Waals surface area contributed by atoms with Crippen molar-refractivity contribution in [1.82, 2.24) is 9.78 Å². The van der Waals surface area contributed by atoms with Gasteiger partial charge in [0.1, 0.15) is 0 Å². The van der Waals surface area contributed by atoms with Crippen LogP contribution in [-0.2, 0) is 7.05 Å². The van der Waals surface area contributed by atoms with Crippen molar-refractivity contribution >= 4 is 33.3 Å². The van der Waals surface area contributed by atoms with Crippen molar-refractivity contribution in [3.05, 3.63) is 40.1 Å². The lowest BCUT2D eigenvalue weighted by molar-refractivity contribution is 0.0698. The second-order valence-corrected chi connectivity index (χ2v) is 4.84. The molecule has 6 heteroatoms. The zero-order chi connectivity index (χ0) is 13.3. The molecule has 1 aromatic heterocycles. The lowest BCUT2D eigenvalue weighted by Crippen LogP contribution is -2.02. The number of hydrogen-bond donors (Lipinski definition) is 2. The molecule has 1 aromatic carbocycles. The molecule has 0 saturated carbocycles. The van der Waals surface area contributed by atoms with Crippen molar-refractivity contribution in [3.8, 4) is 0 Å². The molecule has 2 rings (SSSR count). The van der Waals surface area contributed by atoms with Gasteiger partial charge in [0.25, 0.3) is 0 Å². The van der Waals surface area contributed by atoms with Crippen molar-refractivity contribution in [3.63, 3.8) is 0 Å². The van der Waals surface area contributed by atoms with E-state index in [1.807, 2.05) is 20.2 Å². The first kappa shape index (κ1) is 12.6. The highest BCUT2D eigenvalue weighted by atomic mass is 79.9. The Morgan fingerprint density at radius 3 is 2.72 bits per heavy atom. The van der Waals surface area contributed by atoms with Gasteiger partial charge in [-0.1, -0.05) is 15.9 Å². The summed E-state index contributed by atoms with van der Waals surface area (Å²) in [6, 6.07) is 5.08. The highest BCUT2D eigenvalue weighted by Gasteiger charge is 2.12. The Morgan fingerprint density at radius 1 is 1.44 bits per heavy atom. The van der Waals surface area contributed by atoms with E-state index in [0.717, 1.165) is 15.9 Å². The molecular weight excluding hydrogens is 298 g/mol. The summed E-state index contributed by atoms with van der Waals surface area (Å²) in [5.74, 6) is -0.972. The number of carboxylic acid groups (broad SMARTS) is 1. The Kier molecular flexibility index (Phi) is 3.38. The minimum absolute atomic E-state index is 0.215. The normalized spacial score (nSPS) is 10.4. The van der Waals surface area contributed by atoms with Crippen molar-refractivity contribution in [2.75, 3.05) is 5.32 Å². The largest absolute Gasteiger partial charge is 0.478 e. The Hall–Kier alpha value is -1.82. The number of anilines is 2. The molecule has 0 aliphatic carbocycles. The zero-order valence-corrected chi connectivity index (χ0v) is 11.5. The minimum atomic E-state index is -0.972. The predicted molar refractivity (Wildman–Crippen MR) is 72.3 cm³/mol. The van der Waals surface area contributed by atoms with E-state index in [0.29, 0.717) is 5.69 Å². The number of nitrogens with zero attached hydrogens (tertiary/aromatic N) is 2. The summed E-state index contributed by atoms with van der Waals surface area (Å²) in [4.78, 5) is 11.2. The molecule has 0 spiro atoms. The van der Waals surface area contributed by atoms with Gasteiger partial charge in [0.15, 0.2) is 0 Å². The number of nitrogens with one attached hydrogen (secondary N) is 1. The van der Waals surface area contributed by atoms with E-state index in [2.05, 4.69) is 26.3 Å². The molecule has 2 aromatic rings. The van der Waals surface area contributed by atoms with Crippen LogP contribution in [0.5, 0.6) is 0 Å². The molecule has 5 nitrogen and oxygen atoms in total. The molecule has 0 aliphatic rings. The van der Waals surface area contributed by atoms with Crippen molar-refractivity contribution < 1.29 is 9.90 Å². The molecule has 0 amide bonds. The van der Waals surface area contributed by atoms with Gasteiger partial charge in [-0.2, -0.15) is 5.10 Å². The maximum absolute atomic E-state index is 11.2. The highest BCUT2D eigenvalue weighted by molar-refractivity contribution is 9.10. The molecule has 0 radical (unpaired) electrons. The van der Waals surface area contributed by atoms with Gasteiger partial charge in [-0.15, -0.1) is 0 Å². The third kappa shape index (κ3) is 2.53. The average molecular weight is 310 g/mol. The lowest BCUT2D eigenvalue weighted by Gasteiger charge is -2.08. The van der Waals surface area contributed by atoms with Crippen LogP contribution >= 0.6 is 15.9 Å². The summed E-state index contributed by atoms with van der Waals surface area (Å²) in [6.45, 7) is 1.86. The third-order valence-corrected chi connectivity index (χ3v) is 2.99. The minimum Gasteiger partial charge on any atom is -0.478 e. The van der Waals surface area contributed by atoms with Crippen LogP contribution in [0.15, 0.2) is 28.9 Å². The fourth-order valence-electron chi connectivity index (χ4n) is 1.67. The van der Waals surface area contributed by atoms with E-state index in [-0.39, 0.29) is 5.56 Å². The van der Waals surface area contributed by atoms with Crippen LogP contribution in [0, 0.1) is 6.92 Å². The van der Waals surface area contributed by atoms with Crippen molar-refractivity contribution in [2.45, 2.75) is 6.92 Å². The maximum atomic E-state index is 11.2. The molecule has 94 valence electrons. The summed E-state index contributed by atoms with van der Waals surface area (Å²) >= 11 is 3.26. The van der Waals surface area contributed by atoms with E-state index in [9.17, 15) is 4.79 Å². The second kappa shape index (κ2) is 4.81. The summed E-state index contributed by atoms with van der Waals surface area (Å²) in [5, 5.41) is 16.4. The first-order valence-corrected chi connectivity index (χ1v) is 6.07. The number of aromatic nitrogens is 2. The standard InChI is InChI=1S/C12H12BrN3O2/c1-7-11(6-16(2)15-7)14-10-4-3-8(13)5-9(10)12(17)18/h3-6,14H,1-2H3,(H,17,18). The Labute approximate surface area is 113 Å². The number of benzene rings is 1. The fourth-order valence-corrected chi connectivity index (χ4v) is 2.03. The van der Waals surface area contributed by atoms with Gasteiger partial charge in [-0.3, -0.25) is 4.68 Å². The van der Waals surface area contributed by atoms with Gasteiger partial charge < -0.3 is 10.4 Å². The molecule has 0 atom stereocenters. The first-order chi connectivity index (χ1) is 8.47. The van der Waals surface area contributed by atoms with E-state index in [4.69, 9.17) is 5.11 Å². The molecule has 0 aliphatic heterocycles. The number of rotatable bonds is 3. The molecule has 18 heavy (non-hydrogen) atoms. The zero-order valence-electron chi connectivity index (χ0n) is 9.94. The fraction of sp³-hybridized carbons (Fsp3) is 0.167. The highest BCUT2D eigenvalue weighted by Crippen LogP contribution is 2.25. The number of carboxylic acids is 1. The van der Waals surface area contributed by atoms with Gasteiger partial charge >= 0.3 is 5.97 Å². The van der Waals surface area contributed by atoms with Crippen LogP contribution < -0.4 is 5.32 Å². The molecular formula is C12H12BrN3O2. The topological polar surface area (TPSA) is 67.2 Å². The monoisotopic (exact) mass is 309 g/mol. The van der Waals surface area contributed by atoms with Gasteiger partial charge in [0.2, 0.25) is 0 Å². The van der Waals surface area contributed by atoms with E-state index < -0.39 is 5.97 Å². The third-order valence-electron chi connectivity index (χ3n) is 2.49. The maximum Gasteiger partial charge on any atom is 0.337 e. The molecule has 1 heterocycles. The summed E-state index contributed by atoms with van der Waals surface area (Å²) in [6.07, 6.45) is 1.81. The molecule has 0 fully saturated rings. The van der Waals surface area contributed by atoms with Crippen molar-refractivity contribution in [1.29, 1.82) is 0 Å². The van der Waals surface area contributed by atoms with Crippen molar-refractivity contribution in [2.24, 2.45) is 7.05 Å². The number of carbonyl (C=O) groups is 1.